The van der Waals surface area contributed by atoms with Crippen molar-refractivity contribution in [2.75, 3.05) is 19.9 Å². The summed E-state index contributed by atoms with van der Waals surface area (Å²) in [5.41, 5.74) is 0.489. The monoisotopic (exact) mass is 297 g/mol. The first-order valence-corrected chi connectivity index (χ1v) is 7.00. The number of aliphatic hydroxyl groups excluding tert-OH is 1. The van der Waals surface area contributed by atoms with Crippen LogP contribution in [-0.2, 0) is 0 Å². The molecule has 2 unspecified atom stereocenters. The van der Waals surface area contributed by atoms with Gasteiger partial charge in [-0.15, -0.1) is 0 Å². The summed E-state index contributed by atoms with van der Waals surface area (Å²) in [5.74, 6) is 0.984. The van der Waals surface area contributed by atoms with Crippen molar-refractivity contribution in [1.29, 1.82) is 0 Å². The zero-order valence-corrected chi connectivity index (χ0v) is 11.9. The van der Waals surface area contributed by atoms with Crippen LogP contribution in [0.4, 0.5) is 0 Å². The average Bonchev–Trinajstić information content (AvgIpc) is 2.90. The molecule has 1 saturated heterocycles. The van der Waals surface area contributed by atoms with Crippen molar-refractivity contribution in [1.82, 2.24) is 4.90 Å². The minimum atomic E-state index is -0.334. The molecule has 5 nitrogen and oxygen atoms in total. The summed E-state index contributed by atoms with van der Waals surface area (Å²) in [7, 11) is 0. The minimum absolute atomic E-state index is 0.0807. The Balaban J connectivity index is 1.83. The van der Waals surface area contributed by atoms with Gasteiger partial charge in [0.2, 0.25) is 6.79 Å². The quantitative estimate of drug-likeness (QED) is 0.860. The molecule has 1 N–H and O–H groups in total. The number of hydrogen-bond acceptors (Lipinski definition) is 4. The summed E-state index contributed by atoms with van der Waals surface area (Å²) in [6.07, 6.45) is 0.268. The summed E-state index contributed by atoms with van der Waals surface area (Å²) >= 11 is 6.09. The summed E-state index contributed by atoms with van der Waals surface area (Å²) in [6.45, 7) is 3.17. The van der Waals surface area contributed by atoms with E-state index < -0.39 is 0 Å². The number of carbonyl (C=O) groups excluding carboxylic acids is 1. The van der Waals surface area contributed by atoms with Gasteiger partial charge in [0.15, 0.2) is 11.5 Å². The molecule has 0 aromatic heterocycles. The van der Waals surface area contributed by atoms with Gasteiger partial charge in [-0.25, -0.2) is 0 Å². The molecule has 0 spiro atoms. The fraction of sp³-hybridized carbons (Fsp3) is 0.500. The predicted octanol–water partition coefficient (Wildman–Crippen LogP) is 1.91. The molecule has 108 valence electrons. The van der Waals surface area contributed by atoms with Gasteiger partial charge in [0, 0.05) is 18.7 Å². The first-order chi connectivity index (χ1) is 9.56. The van der Waals surface area contributed by atoms with Crippen LogP contribution in [-0.4, -0.2) is 41.9 Å². The molecule has 2 aliphatic rings. The molecule has 0 aliphatic carbocycles. The Hall–Kier alpha value is -1.46. The summed E-state index contributed by atoms with van der Waals surface area (Å²) in [5, 5.41) is 10.1. The van der Waals surface area contributed by atoms with Crippen molar-refractivity contribution in [3.05, 3.63) is 22.7 Å². The Morgan fingerprint density at radius 1 is 1.45 bits per heavy atom. The van der Waals surface area contributed by atoms with Gasteiger partial charge in [-0.1, -0.05) is 18.5 Å². The molecule has 1 amide bonds. The highest BCUT2D eigenvalue weighted by Crippen LogP contribution is 2.40. The third kappa shape index (κ3) is 2.31. The first-order valence-electron chi connectivity index (χ1n) is 6.62. The number of hydrogen-bond donors (Lipinski definition) is 1. The van der Waals surface area contributed by atoms with Crippen LogP contribution >= 0.6 is 11.6 Å². The van der Waals surface area contributed by atoms with E-state index in [9.17, 15) is 9.90 Å². The average molecular weight is 298 g/mol. The van der Waals surface area contributed by atoms with Crippen LogP contribution in [0.5, 0.6) is 11.5 Å². The zero-order chi connectivity index (χ0) is 14.3. The lowest BCUT2D eigenvalue weighted by Crippen LogP contribution is -2.44. The van der Waals surface area contributed by atoms with E-state index in [1.54, 1.807) is 17.0 Å². The summed E-state index contributed by atoms with van der Waals surface area (Å²) in [4.78, 5) is 14.2. The Morgan fingerprint density at radius 3 is 3.00 bits per heavy atom. The van der Waals surface area contributed by atoms with Crippen molar-refractivity contribution in [2.45, 2.75) is 19.4 Å². The molecule has 2 heterocycles. The highest BCUT2D eigenvalue weighted by Gasteiger charge is 2.29. The predicted molar refractivity (Wildman–Crippen MR) is 73.3 cm³/mol. The number of rotatable bonds is 1. The van der Waals surface area contributed by atoms with E-state index in [-0.39, 0.29) is 24.7 Å². The number of piperidine rings is 1. The van der Waals surface area contributed by atoms with Crippen LogP contribution in [0.25, 0.3) is 0 Å². The van der Waals surface area contributed by atoms with Crippen molar-refractivity contribution >= 4 is 17.5 Å². The lowest BCUT2D eigenvalue weighted by Gasteiger charge is -2.34. The second-order valence-electron chi connectivity index (χ2n) is 5.28. The van der Waals surface area contributed by atoms with E-state index in [0.29, 0.717) is 41.6 Å². The second kappa shape index (κ2) is 5.14. The molecule has 2 aliphatic heterocycles. The van der Waals surface area contributed by atoms with Crippen LogP contribution in [0.1, 0.15) is 23.7 Å². The largest absolute Gasteiger partial charge is 0.454 e. The molecule has 20 heavy (non-hydrogen) atoms. The number of aliphatic hydroxyl groups is 1. The highest BCUT2D eigenvalue weighted by molar-refractivity contribution is 6.32. The molecule has 3 rings (SSSR count). The number of benzene rings is 1. The smallest absolute Gasteiger partial charge is 0.254 e. The van der Waals surface area contributed by atoms with Gasteiger partial charge in [0.05, 0.1) is 11.1 Å². The third-order valence-electron chi connectivity index (χ3n) is 3.82. The van der Waals surface area contributed by atoms with Gasteiger partial charge in [-0.3, -0.25) is 4.79 Å². The fourth-order valence-electron chi connectivity index (χ4n) is 2.59. The molecule has 1 aromatic rings. The number of carbonyl (C=O) groups is 1. The Labute approximate surface area is 122 Å². The molecule has 0 bridgehead atoms. The zero-order valence-electron chi connectivity index (χ0n) is 11.1. The fourth-order valence-corrected chi connectivity index (χ4v) is 2.86. The van der Waals surface area contributed by atoms with Crippen molar-refractivity contribution in [3.63, 3.8) is 0 Å². The van der Waals surface area contributed by atoms with E-state index in [4.69, 9.17) is 21.1 Å². The Kier molecular flexibility index (Phi) is 3.48. The molecular weight excluding hydrogens is 282 g/mol. The van der Waals surface area contributed by atoms with Gasteiger partial charge < -0.3 is 19.5 Å². The maximum atomic E-state index is 12.5. The van der Waals surface area contributed by atoms with Crippen molar-refractivity contribution < 1.29 is 19.4 Å². The van der Waals surface area contributed by atoms with Crippen LogP contribution < -0.4 is 9.47 Å². The number of halogens is 1. The lowest BCUT2D eigenvalue weighted by molar-refractivity contribution is 0.0297. The van der Waals surface area contributed by atoms with Crippen LogP contribution in [0.15, 0.2) is 12.1 Å². The second-order valence-corrected chi connectivity index (χ2v) is 5.68. The number of likely N-dealkylation sites (tertiary alicyclic amines) is 1. The Morgan fingerprint density at radius 2 is 2.25 bits per heavy atom. The van der Waals surface area contributed by atoms with E-state index in [1.807, 2.05) is 6.92 Å². The molecule has 1 fully saturated rings. The molecule has 6 heteroatoms. The number of ether oxygens (including phenoxy) is 2. The van der Waals surface area contributed by atoms with Crippen molar-refractivity contribution in [3.8, 4) is 11.5 Å². The van der Waals surface area contributed by atoms with Gasteiger partial charge in [0.25, 0.3) is 5.91 Å². The van der Waals surface area contributed by atoms with E-state index >= 15 is 0 Å². The van der Waals surface area contributed by atoms with Crippen molar-refractivity contribution in [2.24, 2.45) is 5.92 Å². The normalized spacial score (nSPS) is 24.9. The van der Waals surface area contributed by atoms with Crippen LogP contribution in [0.3, 0.4) is 0 Å². The minimum Gasteiger partial charge on any atom is -0.454 e. The molecule has 0 saturated carbocycles. The molecule has 2 atom stereocenters. The maximum Gasteiger partial charge on any atom is 0.254 e. The first kappa shape index (κ1) is 13.5. The maximum absolute atomic E-state index is 12.5. The highest BCUT2D eigenvalue weighted by atomic mass is 35.5. The molecule has 1 aromatic carbocycles. The van der Waals surface area contributed by atoms with Crippen LogP contribution in [0.2, 0.25) is 5.02 Å². The lowest BCUT2D eigenvalue weighted by atomic mass is 9.96. The molecular formula is C14H16ClNO4. The standard InChI is InChI=1S/C14H16ClNO4/c1-8-6-16(3-2-11(8)17)14(18)9-4-10(15)13-12(5-9)19-7-20-13/h4-5,8,11,17H,2-3,6-7H2,1H3. The topological polar surface area (TPSA) is 59.0 Å². The van der Waals surface area contributed by atoms with E-state index in [2.05, 4.69) is 0 Å². The summed E-state index contributed by atoms with van der Waals surface area (Å²) in [6, 6.07) is 3.26. The summed E-state index contributed by atoms with van der Waals surface area (Å²) < 4.78 is 10.5. The third-order valence-corrected chi connectivity index (χ3v) is 4.10. The van der Waals surface area contributed by atoms with Gasteiger partial charge >= 0.3 is 0 Å². The Bertz CT molecular complexity index is 548. The van der Waals surface area contributed by atoms with E-state index in [0.717, 1.165) is 0 Å². The SMILES string of the molecule is CC1CN(C(=O)c2cc(Cl)c3c(c2)OCO3)CCC1O. The molecule has 0 radical (unpaired) electrons. The number of nitrogens with zero attached hydrogens (tertiary/aromatic N) is 1. The van der Waals surface area contributed by atoms with Gasteiger partial charge in [-0.05, 0) is 24.5 Å². The van der Waals surface area contributed by atoms with Gasteiger partial charge in [-0.2, -0.15) is 0 Å². The van der Waals surface area contributed by atoms with E-state index in [1.165, 1.54) is 0 Å². The number of amides is 1. The van der Waals surface area contributed by atoms with Crippen LogP contribution in [0, 0.1) is 5.92 Å². The number of fused-ring (bicyclic) bond motifs is 1. The van der Waals surface area contributed by atoms with Gasteiger partial charge in [0.1, 0.15) is 0 Å².